The number of hydrogen-bond donors (Lipinski definition) is 2. The molecule has 0 atom stereocenters. The van der Waals surface area contributed by atoms with Gasteiger partial charge in [-0.3, -0.25) is 0 Å². The van der Waals surface area contributed by atoms with Crippen LogP contribution in [0.1, 0.15) is 0 Å². The smallest absolute Gasteiger partial charge is 0.116 e. The van der Waals surface area contributed by atoms with Crippen molar-refractivity contribution < 1.29 is 14.6 Å². The van der Waals surface area contributed by atoms with Crippen LogP contribution in [0.2, 0.25) is 0 Å². The summed E-state index contributed by atoms with van der Waals surface area (Å²) in [6.45, 7) is 3.79. The number of ether oxygens (including phenoxy) is 2. The Kier molecular flexibility index (Phi) is 2.32. The van der Waals surface area contributed by atoms with Crippen LogP contribution < -0.4 is 5.32 Å². The molecule has 0 spiro atoms. The molecule has 4 heteroatoms. The second-order valence-electron chi connectivity index (χ2n) is 3.56. The van der Waals surface area contributed by atoms with Crippen molar-refractivity contribution in [2.75, 3.05) is 39.5 Å². The SMILES string of the molecule is OC1(C2CNC2)COCCOC1. The summed E-state index contributed by atoms with van der Waals surface area (Å²) in [6, 6.07) is 0. The molecule has 0 saturated carbocycles. The Morgan fingerprint density at radius 3 is 2.17 bits per heavy atom. The van der Waals surface area contributed by atoms with Gasteiger partial charge in [-0.25, -0.2) is 0 Å². The zero-order chi connectivity index (χ0) is 8.44. The van der Waals surface area contributed by atoms with Crippen molar-refractivity contribution in [3.8, 4) is 0 Å². The van der Waals surface area contributed by atoms with E-state index in [0.29, 0.717) is 32.3 Å². The molecule has 0 aromatic heterocycles. The van der Waals surface area contributed by atoms with Gasteiger partial charge in [0, 0.05) is 19.0 Å². The molecular formula is C8H15NO3. The fraction of sp³-hybridized carbons (Fsp3) is 1.00. The maximum absolute atomic E-state index is 10.1. The number of rotatable bonds is 1. The van der Waals surface area contributed by atoms with Crippen LogP contribution in [0.15, 0.2) is 0 Å². The van der Waals surface area contributed by atoms with Gasteiger partial charge >= 0.3 is 0 Å². The molecule has 2 saturated heterocycles. The topological polar surface area (TPSA) is 50.7 Å². The van der Waals surface area contributed by atoms with E-state index >= 15 is 0 Å². The molecule has 0 aromatic carbocycles. The minimum atomic E-state index is -0.748. The maximum Gasteiger partial charge on any atom is 0.116 e. The molecule has 0 unspecified atom stereocenters. The normalized spacial score (nSPS) is 30.8. The summed E-state index contributed by atoms with van der Waals surface area (Å²) >= 11 is 0. The van der Waals surface area contributed by atoms with Crippen molar-refractivity contribution in [3.05, 3.63) is 0 Å². The average Bonchev–Trinajstić information content (AvgIpc) is 2.10. The van der Waals surface area contributed by atoms with Gasteiger partial charge in [-0.15, -0.1) is 0 Å². The first kappa shape index (κ1) is 8.44. The van der Waals surface area contributed by atoms with Crippen LogP contribution in [0.5, 0.6) is 0 Å². The first-order valence-corrected chi connectivity index (χ1v) is 4.40. The third-order valence-corrected chi connectivity index (χ3v) is 2.62. The highest BCUT2D eigenvalue weighted by atomic mass is 16.6. The fourth-order valence-electron chi connectivity index (χ4n) is 1.56. The highest BCUT2D eigenvalue weighted by Crippen LogP contribution is 2.23. The van der Waals surface area contributed by atoms with E-state index in [1.165, 1.54) is 0 Å². The predicted molar refractivity (Wildman–Crippen MR) is 42.9 cm³/mol. The van der Waals surface area contributed by atoms with Crippen molar-refractivity contribution >= 4 is 0 Å². The second kappa shape index (κ2) is 3.30. The lowest BCUT2D eigenvalue weighted by atomic mass is 9.84. The summed E-state index contributed by atoms with van der Waals surface area (Å²) in [5.74, 6) is 0.301. The van der Waals surface area contributed by atoms with Gasteiger partial charge in [0.1, 0.15) is 5.60 Å². The predicted octanol–water partition coefficient (Wildman–Crippen LogP) is -1.02. The van der Waals surface area contributed by atoms with Gasteiger partial charge in [-0.05, 0) is 0 Å². The van der Waals surface area contributed by atoms with Crippen molar-refractivity contribution in [1.82, 2.24) is 5.32 Å². The Hall–Kier alpha value is -0.160. The molecule has 0 bridgehead atoms. The summed E-state index contributed by atoms with van der Waals surface area (Å²) < 4.78 is 10.5. The van der Waals surface area contributed by atoms with Gasteiger partial charge in [0.15, 0.2) is 0 Å². The summed E-state index contributed by atoms with van der Waals surface area (Å²) in [7, 11) is 0. The van der Waals surface area contributed by atoms with Crippen molar-refractivity contribution in [2.45, 2.75) is 5.60 Å². The summed E-state index contributed by atoms with van der Waals surface area (Å²) in [6.07, 6.45) is 0. The Labute approximate surface area is 71.9 Å². The van der Waals surface area contributed by atoms with Crippen LogP contribution in [0.25, 0.3) is 0 Å². The minimum Gasteiger partial charge on any atom is -0.385 e. The van der Waals surface area contributed by atoms with E-state index in [2.05, 4.69) is 5.32 Å². The lowest BCUT2D eigenvalue weighted by molar-refractivity contribution is -0.108. The Morgan fingerprint density at radius 2 is 1.75 bits per heavy atom. The van der Waals surface area contributed by atoms with Gasteiger partial charge < -0.3 is 19.9 Å². The molecule has 4 nitrogen and oxygen atoms in total. The van der Waals surface area contributed by atoms with Gasteiger partial charge in [0.25, 0.3) is 0 Å². The molecule has 2 heterocycles. The first-order chi connectivity index (χ1) is 5.81. The average molecular weight is 173 g/mol. The number of hydrogen-bond acceptors (Lipinski definition) is 4. The van der Waals surface area contributed by atoms with Crippen molar-refractivity contribution in [2.24, 2.45) is 5.92 Å². The third kappa shape index (κ3) is 1.47. The van der Waals surface area contributed by atoms with Crippen LogP contribution in [0.3, 0.4) is 0 Å². The van der Waals surface area contributed by atoms with Gasteiger partial charge in [-0.2, -0.15) is 0 Å². The molecular weight excluding hydrogens is 158 g/mol. The van der Waals surface area contributed by atoms with E-state index in [1.807, 2.05) is 0 Å². The Bertz CT molecular complexity index is 150. The van der Waals surface area contributed by atoms with Crippen LogP contribution in [0, 0.1) is 5.92 Å². The molecule has 0 amide bonds. The molecule has 0 aromatic rings. The molecule has 2 rings (SSSR count). The molecule has 70 valence electrons. The van der Waals surface area contributed by atoms with Gasteiger partial charge in [0.2, 0.25) is 0 Å². The van der Waals surface area contributed by atoms with E-state index in [-0.39, 0.29) is 0 Å². The summed E-state index contributed by atoms with van der Waals surface area (Å²) in [5, 5.41) is 13.2. The molecule has 0 radical (unpaired) electrons. The third-order valence-electron chi connectivity index (χ3n) is 2.62. The minimum absolute atomic E-state index is 0.301. The van der Waals surface area contributed by atoms with E-state index < -0.39 is 5.60 Å². The van der Waals surface area contributed by atoms with E-state index in [1.54, 1.807) is 0 Å². The largest absolute Gasteiger partial charge is 0.385 e. The van der Waals surface area contributed by atoms with E-state index in [0.717, 1.165) is 13.1 Å². The monoisotopic (exact) mass is 173 g/mol. The van der Waals surface area contributed by atoms with Crippen molar-refractivity contribution in [3.63, 3.8) is 0 Å². The highest BCUT2D eigenvalue weighted by molar-refractivity contribution is 4.94. The lowest BCUT2D eigenvalue weighted by Gasteiger charge is -2.40. The van der Waals surface area contributed by atoms with Crippen LogP contribution >= 0.6 is 0 Å². The highest BCUT2D eigenvalue weighted by Gasteiger charge is 2.41. The standard InChI is InChI=1S/C8H15NO3/c10-8(7-3-9-4-7)5-11-1-2-12-6-8/h7,9-10H,1-6H2. The van der Waals surface area contributed by atoms with Gasteiger partial charge in [-0.1, -0.05) is 0 Å². The number of aliphatic hydroxyl groups is 1. The first-order valence-electron chi connectivity index (χ1n) is 4.40. The van der Waals surface area contributed by atoms with Crippen LogP contribution in [-0.4, -0.2) is 50.2 Å². The maximum atomic E-state index is 10.1. The second-order valence-corrected chi connectivity index (χ2v) is 3.56. The Morgan fingerprint density at radius 1 is 1.17 bits per heavy atom. The fourth-order valence-corrected chi connectivity index (χ4v) is 1.56. The molecule has 2 aliphatic rings. The quantitative estimate of drug-likeness (QED) is 0.533. The molecule has 2 aliphatic heterocycles. The van der Waals surface area contributed by atoms with Crippen molar-refractivity contribution in [1.29, 1.82) is 0 Å². The van der Waals surface area contributed by atoms with Crippen LogP contribution in [-0.2, 0) is 9.47 Å². The summed E-state index contributed by atoms with van der Waals surface area (Å²) in [4.78, 5) is 0. The van der Waals surface area contributed by atoms with E-state index in [4.69, 9.17) is 9.47 Å². The van der Waals surface area contributed by atoms with Crippen LogP contribution in [0.4, 0.5) is 0 Å². The molecule has 2 N–H and O–H groups in total. The zero-order valence-corrected chi connectivity index (χ0v) is 7.08. The number of nitrogens with one attached hydrogen (secondary N) is 1. The van der Waals surface area contributed by atoms with E-state index in [9.17, 15) is 5.11 Å². The lowest BCUT2D eigenvalue weighted by Crippen LogP contribution is -2.59. The summed E-state index contributed by atoms with van der Waals surface area (Å²) in [5.41, 5.74) is -0.748. The van der Waals surface area contributed by atoms with Gasteiger partial charge in [0.05, 0.1) is 26.4 Å². The Balaban J connectivity index is 1.95. The molecule has 0 aliphatic carbocycles. The zero-order valence-electron chi connectivity index (χ0n) is 7.08. The molecule has 12 heavy (non-hydrogen) atoms. The molecule has 2 fully saturated rings.